The number of benzene rings is 1. The molecule has 0 fully saturated rings. The number of nitrogens with zero attached hydrogens (tertiary/aromatic N) is 4. The molecule has 114 valence electrons. The molecule has 22 heavy (non-hydrogen) atoms. The van der Waals surface area contributed by atoms with Crippen LogP contribution >= 0.6 is 23.5 Å². The molecule has 0 saturated heterocycles. The van der Waals surface area contributed by atoms with Gasteiger partial charge in [0.25, 0.3) is 0 Å². The molecule has 0 bridgehead atoms. The van der Waals surface area contributed by atoms with Crippen LogP contribution in [0, 0.1) is 0 Å². The predicted molar refractivity (Wildman–Crippen MR) is 89.5 cm³/mol. The van der Waals surface area contributed by atoms with Crippen LogP contribution in [0.5, 0.6) is 5.75 Å². The highest BCUT2D eigenvalue weighted by Crippen LogP contribution is 2.51. The Kier molecular flexibility index (Phi) is 3.54. The van der Waals surface area contributed by atoms with E-state index in [-0.39, 0.29) is 5.37 Å². The van der Waals surface area contributed by atoms with E-state index in [1.54, 1.807) is 18.9 Å². The molecule has 2 aromatic rings. The predicted octanol–water partition coefficient (Wildman–Crippen LogP) is 3.53. The van der Waals surface area contributed by atoms with Gasteiger partial charge in [-0.15, -0.1) is 10.2 Å². The van der Waals surface area contributed by atoms with Crippen molar-refractivity contribution in [2.75, 3.05) is 12.1 Å². The second kappa shape index (κ2) is 5.55. The second-order valence-electron chi connectivity index (χ2n) is 5.12. The largest absolute Gasteiger partial charge is 0.497 e. The van der Waals surface area contributed by atoms with E-state index < -0.39 is 0 Å². The molecule has 1 unspecified atom stereocenters. The topological polar surface area (TPSA) is 43.2 Å². The van der Waals surface area contributed by atoms with Crippen molar-refractivity contribution < 1.29 is 4.74 Å². The third-order valence-electron chi connectivity index (χ3n) is 3.71. The Labute approximate surface area is 137 Å². The first kappa shape index (κ1) is 14.0. The number of ether oxygens (including phenoxy) is 1. The Balaban J connectivity index is 1.70. The lowest BCUT2D eigenvalue weighted by Crippen LogP contribution is -2.30. The quantitative estimate of drug-likeness (QED) is 0.853. The van der Waals surface area contributed by atoms with Crippen LogP contribution in [-0.2, 0) is 6.42 Å². The van der Waals surface area contributed by atoms with Crippen molar-refractivity contribution in [2.45, 2.75) is 30.3 Å². The minimum Gasteiger partial charge on any atom is -0.497 e. The first-order valence-electron chi connectivity index (χ1n) is 7.23. The van der Waals surface area contributed by atoms with Crippen molar-refractivity contribution in [1.82, 2.24) is 14.9 Å². The number of aryl methyl sites for hydroxylation is 1. The van der Waals surface area contributed by atoms with Gasteiger partial charge in [0.05, 0.1) is 7.11 Å². The average molecular weight is 332 g/mol. The van der Waals surface area contributed by atoms with Crippen LogP contribution in [0.1, 0.15) is 30.1 Å². The molecular formula is C15H16N4OS2. The zero-order chi connectivity index (χ0) is 15.1. The number of fused-ring (bicyclic) bond motifs is 3. The Hall–Kier alpha value is -1.60. The number of thioether (sulfide) groups is 2. The lowest BCUT2D eigenvalue weighted by Gasteiger charge is -2.25. The van der Waals surface area contributed by atoms with Gasteiger partial charge in [0.2, 0.25) is 5.16 Å². The van der Waals surface area contributed by atoms with E-state index in [2.05, 4.69) is 44.3 Å². The van der Waals surface area contributed by atoms with Crippen LogP contribution < -0.4 is 9.75 Å². The lowest BCUT2D eigenvalue weighted by atomic mass is 10.2. The standard InChI is InChI=1S/C15H16N4OS2/c1-3-4-12-16-17-15-18(12)19-13(22-15)9-21-14(19)10-5-7-11(20-2)8-6-10/h5-9,14H,3-4H2,1-2H3. The summed E-state index contributed by atoms with van der Waals surface area (Å²) >= 11 is 3.51. The number of methoxy groups -OCH3 is 1. The van der Waals surface area contributed by atoms with Gasteiger partial charge in [0, 0.05) is 11.8 Å². The molecule has 4 rings (SSSR count). The summed E-state index contributed by atoms with van der Waals surface area (Å²) in [6.07, 6.45) is 2.01. The molecule has 0 saturated carbocycles. The Bertz CT molecular complexity index is 726. The zero-order valence-corrected chi connectivity index (χ0v) is 14.0. The molecule has 2 aliphatic rings. The van der Waals surface area contributed by atoms with E-state index in [1.165, 1.54) is 10.6 Å². The highest BCUT2D eigenvalue weighted by atomic mass is 32.2. The molecular weight excluding hydrogens is 316 g/mol. The monoisotopic (exact) mass is 332 g/mol. The minimum absolute atomic E-state index is 0.223. The highest BCUT2D eigenvalue weighted by Gasteiger charge is 2.39. The van der Waals surface area contributed by atoms with Gasteiger partial charge in [0.1, 0.15) is 16.2 Å². The Morgan fingerprint density at radius 1 is 1.23 bits per heavy atom. The van der Waals surface area contributed by atoms with E-state index in [0.717, 1.165) is 29.6 Å². The molecule has 1 aromatic carbocycles. The van der Waals surface area contributed by atoms with Crippen LogP contribution in [0.15, 0.2) is 39.9 Å². The summed E-state index contributed by atoms with van der Waals surface area (Å²) in [7, 11) is 1.69. The van der Waals surface area contributed by atoms with E-state index >= 15 is 0 Å². The summed E-state index contributed by atoms with van der Waals surface area (Å²) in [6.45, 7) is 2.17. The van der Waals surface area contributed by atoms with Gasteiger partial charge in [-0.05, 0) is 35.9 Å². The SMILES string of the molecule is CCCc1nnc2n1N1C(=CSC1c1ccc(OC)cc1)S2. The molecule has 0 spiro atoms. The van der Waals surface area contributed by atoms with Gasteiger partial charge >= 0.3 is 0 Å². The molecule has 0 aliphatic carbocycles. The fourth-order valence-corrected chi connectivity index (χ4v) is 4.91. The lowest BCUT2D eigenvalue weighted by molar-refractivity contribution is 0.414. The fourth-order valence-electron chi connectivity index (χ4n) is 2.66. The molecule has 3 heterocycles. The summed E-state index contributed by atoms with van der Waals surface area (Å²) < 4.78 is 7.43. The van der Waals surface area contributed by atoms with Gasteiger partial charge in [-0.1, -0.05) is 30.8 Å². The Morgan fingerprint density at radius 3 is 2.77 bits per heavy atom. The van der Waals surface area contributed by atoms with Gasteiger partial charge < -0.3 is 4.74 Å². The maximum absolute atomic E-state index is 5.25. The molecule has 1 atom stereocenters. The second-order valence-corrected chi connectivity index (χ2v) is 7.07. The summed E-state index contributed by atoms with van der Waals surface area (Å²) in [5.41, 5.74) is 1.25. The number of hydrogen-bond acceptors (Lipinski definition) is 6. The normalized spacial score (nSPS) is 19.1. The van der Waals surface area contributed by atoms with Gasteiger partial charge in [0.15, 0.2) is 5.82 Å². The van der Waals surface area contributed by atoms with Crippen molar-refractivity contribution in [1.29, 1.82) is 0 Å². The molecule has 0 N–H and O–H groups in total. The number of aromatic nitrogens is 3. The summed E-state index contributed by atoms with van der Waals surface area (Å²) in [6, 6.07) is 8.27. The van der Waals surface area contributed by atoms with Crippen molar-refractivity contribution >= 4 is 23.5 Å². The summed E-state index contributed by atoms with van der Waals surface area (Å²) in [4.78, 5) is 0. The van der Waals surface area contributed by atoms with Crippen molar-refractivity contribution in [3.05, 3.63) is 46.1 Å². The van der Waals surface area contributed by atoms with Crippen LogP contribution in [0.4, 0.5) is 0 Å². The fraction of sp³-hybridized carbons (Fsp3) is 0.333. The third-order valence-corrected chi connectivity index (χ3v) is 5.90. The van der Waals surface area contributed by atoms with Crippen molar-refractivity contribution in [2.24, 2.45) is 0 Å². The van der Waals surface area contributed by atoms with E-state index in [0.29, 0.717) is 0 Å². The van der Waals surface area contributed by atoms with E-state index in [4.69, 9.17) is 4.74 Å². The maximum Gasteiger partial charge on any atom is 0.216 e. The number of hydrogen-bond donors (Lipinski definition) is 0. The third kappa shape index (κ3) is 2.11. The van der Waals surface area contributed by atoms with Crippen LogP contribution in [0.3, 0.4) is 0 Å². The minimum atomic E-state index is 0.223. The molecule has 5 nitrogen and oxygen atoms in total. The smallest absolute Gasteiger partial charge is 0.216 e. The molecule has 0 amide bonds. The first-order chi connectivity index (χ1) is 10.8. The Morgan fingerprint density at radius 2 is 2.05 bits per heavy atom. The summed E-state index contributed by atoms with van der Waals surface area (Å²) in [5.74, 6) is 1.92. The van der Waals surface area contributed by atoms with Gasteiger partial charge in [-0.25, -0.2) is 4.68 Å². The van der Waals surface area contributed by atoms with Crippen molar-refractivity contribution in [3.8, 4) is 5.75 Å². The molecule has 7 heteroatoms. The maximum atomic E-state index is 5.25. The van der Waals surface area contributed by atoms with Crippen molar-refractivity contribution in [3.63, 3.8) is 0 Å². The number of rotatable bonds is 4. The van der Waals surface area contributed by atoms with Gasteiger partial charge in [-0.2, -0.15) is 0 Å². The molecule has 2 aliphatic heterocycles. The molecule has 1 aromatic heterocycles. The zero-order valence-electron chi connectivity index (χ0n) is 12.4. The van der Waals surface area contributed by atoms with Crippen LogP contribution in [-0.4, -0.2) is 22.0 Å². The highest BCUT2D eigenvalue weighted by molar-refractivity contribution is 8.07. The van der Waals surface area contributed by atoms with Crippen LogP contribution in [0.25, 0.3) is 0 Å². The van der Waals surface area contributed by atoms with E-state index in [9.17, 15) is 0 Å². The first-order valence-corrected chi connectivity index (χ1v) is 8.99. The van der Waals surface area contributed by atoms with Gasteiger partial charge in [-0.3, -0.25) is 5.01 Å². The van der Waals surface area contributed by atoms with Crippen LogP contribution in [0.2, 0.25) is 0 Å². The average Bonchev–Trinajstić information content (AvgIpc) is 3.20. The van der Waals surface area contributed by atoms with E-state index in [1.807, 2.05) is 23.9 Å². The summed E-state index contributed by atoms with van der Waals surface area (Å²) in [5, 5.41) is 15.6. The molecule has 0 radical (unpaired) electrons.